The standard InChI is InChI=1S/C21H22N.3C20H20N.C19H18N/c1-15-10-11-19(16(2)12-15)21-13-17(3)20(14-22(21)4)18-8-6-5-7-9-18;2*1-15-9-7-8-12-18(15)20-13-16(2)19(14-21(20)3)17-10-5-4-6-11-17;1-15-9-11-19(16(2)13-15)20-12-10-18(14-21(20)3)17-7-5-4-6-8-17;1-15-8-6-7-11-18(15)19-13-12-17(14-20(19)2)16-9-4-3-5-10-16/h5-14H,1-4H3;3*4-14H,1-3H3;3-14H,1-2H3/q5*+1. The molecule has 5 nitrogen and oxygen atoms in total. The van der Waals surface area contributed by atoms with Crippen molar-refractivity contribution in [1.82, 2.24) is 0 Å². The Morgan fingerprint density at radius 1 is 0.152 bits per heavy atom. The van der Waals surface area contributed by atoms with E-state index in [2.05, 4.69) is 449 Å². The van der Waals surface area contributed by atoms with Gasteiger partial charge >= 0.3 is 0 Å². The molecule has 0 aliphatic carbocycles. The van der Waals surface area contributed by atoms with E-state index in [1.807, 2.05) is 12.1 Å². The number of benzene rings is 10. The number of aryl methyl sites for hydroxylation is 15. The molecule has 520 valence electrons. The molecule has 0 unspecified atom stereocenters. The van der Waals surface area contributed by atoms with Crippen LogP contribution in [0.15, 0.2) is 334 Å². The number of hydrogen-bond acceptors (Lipinski definition) is 0. The molecule has 0 N–H and O–H groups in total. The number of rotatable bonds is 10. The molecule has 0 saturated carbocycles. The molecule has 15 aromatic rings. The van der Waals surface area contributed by atoms with Crippen molar-refractivity contribution in [1.29, 1.82) is 0 Å². The smallest absolute Gasteiger partial charge is 0.200 e. The van der Waals surface area contributed by atoms with Gasteiger partial charge in [0, 0.05) is 86.0 Å². The van der Waals surface area contributed by atoms with Gasteiger partial charge in [0.15, 0.2) is 31.0 Å². The van der Waals surface area contributed by atoms with Gasteiger partial charge in [0.2, 0.25) is 28.5 Å². The average molecular weight is 1370 g/mol. The Bertz CT molecular complexity index is 5310. The SMILES string of the molecule is Cc1cc(-c2ccccc2C)[n+](C)cc1-c1ccccc1.Cc1cc(-c2ccccc2C)[n+](C)cc1-c1ccccc1.Cc1ccc(-c2cc(C)c(-c3ccccc3)c[n+]2C)c(C)c1.Cc1ccc(-c2ccc(-c3ccccc3)c[n+]2C)c(C)c1.Cc1ccccc1-c1ccc(-c2ccccc2)c[n+]1C. The molecule has 0 amide bonds. The highest BCUT2D eigenvalue weighted by molar-refractivity contribution is 5.74. The van der Waals surface area contributed by atoms with Gasteiger partial charge in [-0.25, -0.2) is 22.8 Å². The van der Waals surface area contributed by atoms with Crippen LogP contribution in [0.3, 0.4) is 0 Å². The quantitative estimate of drug-likeness (QED) is 0.122. The normalized spacial score (nSPS) is 10.6. The maximum atomic E-state index is 2.29. The van der Waals surface area contributed by atoms with Crippen LogP contribution in [-0.4, -0.2) is 0 Å². The summed E-state index contributed by atoms with van der Waals surface area (Å²) in [7, 11) is 10.6. The van der Waals surface area contributed by atoms with Crippen LogP contribution in [-0.2, 0) is 35.2 Å². The molecular weight excluding hydrogens is 1270 g/mol. The summed E-state index contributed by atoms with van der Waals surface area (Å²) in [5, 5.41) is 0. The topological polar surface area (TPSA) is 19.4 Å². The fraction of sp³-hybridized carbons (Fsp3) is 0.150. The van der Waals surface area contributed by atoms with Crippen molar-refractivity contribution in [2.24, 2.45) is 35.2 Å². The van der Waals surface area contributed by atoms with E-state index in [1.54, 1.807) is 0 Å². The zero-order valence-electron chi connectivity index (χ0n) is 64.0. The molecule has 0 radical (unpaired) electrons. The van der Waals surface area contributed by atoms with Crippen molar-refractivity contribution in [2.75, 3.05) is 0 Å². The first-order chi connectivity index (χ1) is 50.8. The van der Waals surface area contributed by atoms with Crippen molar-refractivity contribution in [3.8, 4) is 112 Å². The molecule has 15 rings (SSSR count). The van der Waals surface area contributed by atoms with E-state index in [9.17, 15) is 0 Å². The lowest BCUT2D eigenvalue weighted by atomic mass is 9.97. The van der Waals surface area contributed by atoms with E-state index in [-0.39, 0.29) is 0 Å². The van der Waals surface area contributed by atoms with Crippen molar-refractivity contribution >= 4 is 0 Å². The van der Waals surface area contributed by atoms with Crippen LogP contribution in [0.4, 0.5) is 0 Å². The van der Waals surface area contributed by atoms with Crippen LogP contribution in [0, 0.1) is 69.2 Å². The molecule has 0 spiro atoms. The summed E-state index contributed by atoms with van der Waals surface area (Å²) in [4.78, 5) is 0. The highest BCUT2D eigenvalue weighted by Crippen LogP contribution is 2.32. The fourth-order valence-corrected chi connectivity index (χ4v) is 14.0. The Hall–Kier alpha value is -12.1. The number of aromatic nitrogens is 5. The zero-order chi connectivity index (χ0) is 74.1. The molecule has 0 atom stereocenters. The molecule has 0 aliphatic rings. The van der Waals surface area contributed by atoms with Gasteiger partial charge in [-0.1, -0.05) is 242 Å². The fourth-order valence-electron chi connectivity index (χ4n) is 14.0. The van der Waals surface area contributed by atoms with E-state index in [0.717, 1.165) is 0 Å². The number of nitrogens with zero attached hydrogens (tertiary/aromatic N) is 5. The minimum absolute atomic E-state index is 1.24. The largest absolute Gasteiger partial charge is 0.212 e. The Labute approximate surface area is 625 Å². The Morgan fingerprint density at radius 3 is 0.657 bits per heavy atom. The van der Waals surface area contributed by atoms with Gasteiger partial charge in [-0.05, 0) is 184 Å². The van der Waals surface area contributed by atoms with Crippen molar-refractivity contribution in [2.45, 2.75) is 69.2 Å². The summed E-state index contributed by atoms with van der Waals surface area (Å²) in [6, 6.07) is 107. The third kappa shape index (κ3) is 18.4. The summed E-state index contributed by atoms with van der Waals surface area (Å²) in [6.07, 6.45) is 11.1. The maximum Gasteiger partial charge on any atom is 0.212 e. The molecule has 10 aromatic carbocycles. The van der Waals surface area contributed by atoms with Gasteiger partial charge in [0.25, 0.3) is 0 Å². The van der Waals surface area contributed by atoms with E-state index in [1.165, 1.54) is 168 Å². The lowest BCUT2D eigenvalue weighted by Crippen LogP contribution is -2.31. The summed E-state index contributed by atoms with van der Waals surface area (Å²) in [5.41, 5.74) is 38.4. The first-order valence-electron chi connectivity index (χ1n) is 36.4. The minimum atomic E-state index is 1.24. The summed E-state index contributed by atoms with van der Waals surface area (Å²) >= 11 is 0. The second-order valence-electron chi connectivity index (χ2n) is 27.8. The van der Waals surface area contributed by atoms with Crippen LogP contribution >= 0.6 is 0 Å². The maximum absolute atomic E-state index is 2.29. The third-order valence-corrected chi connectivity index (χ3v) is 19.8. The Kier molecular flexibility index (Phi) is 24.5. The second kappa shape index (κ2) is 34.7. The van der Waals surface area contributed by atoms with Gasteiger partial charge in [-0.3, -0.25) is 0 Å². The highest BCUT2D eigenvalue weighted by Gasteiger charge is 2.21. The monoisotopic (exact) mass is 1370 g/mol. The van der Waals surface area contributed by atoms with Crippen molar-refractivity contribution in [3.63, 3.8) is 0 Å². The average Bonchev–Trinajstić information content (AvgIpc) is 0.802. The lowest BCUT2D eigenvalue weighted by Gasteiger charge is -2.10. The molecule has 5 heteroatoms. The first kappa shape index (κ1) is 74.1. The van der Waals surface area contributed by atoms with E-state index in [4.69, 9.17) is 0 Å². The van der Waals surface area contributed by atoms with E-state index < -0.39 is 0 Å². The molecule has 0 saturated heterocycles. The number of hydrogen-bond donors (Lipinski definition) is 0. The summed E-state index contributed by atoms with van der Waals surface area (Å²) in [6.45, 7) is 21.7. The molecule has 0 fully saturated rings. The first-order valence-corrected chi connectivity index (χ1v) is 36.4. The summed E-state index contributed by atoms with van der Waals surface area (Å²) in [5.74, 6) is 0. The molecular formula is C100H100N5+5. The van der Waals surface area contributed by atoms with Gasteiger partial charge in [-0.2, -0.15) is 0 Å². The molecule has 0 bridgehead atoms. The molecule has 5 heterocycles. The zero-order valence-corrected chi connectivity index (χ0v) is 64.0. The van der Waals surface area contributed by atoms with Crippen LogP contribution in [0.2, 0.25) is 0 Å². The summed E-state index contributed by atoms with van der Waals surface area (Å²) < 4.78 is 11.1. The van der Waals surface area contributed by atoms with Crippen LogP contribution in [0.5, 0.6) is 0 Å². The third-order valence-electron chi connectivity index (χ3n) is 19.8. The van der Waals surface area contributed by atoms with E-state index >= 15 is 0 Å². The second-order valence-corrected chi connectivity index (χ2v) is 27.8. The Balaban J connectivity index is 0.000000131. The number of pyridine rings is 5. The molecule has 5 aromatic heterocycles. The van der Waals surface area contributed by atoms with E-state index in [0.29, 0.717) is 0 Å². The predicted octanol–water partition coefficient (Wildman–Crippen LogP) is 22.3. The van der Waals surface area contributed by atoms with Crippen LogP contribution < -0.4 is 22.8 Å². The van der Waals surface area contributed by atoms with Gasteiger partial charge in [-0.15, -0.1) is 0 Å². The molecule has 0 aliphatic heterocycles. The van der Waals surface area contributed by atoms with Gasteiger partial charge < -0.3 is 0 Å². The molecule has 105 heavy (non-hydrogen) atoms. The van der Waals surface area contributed by atoms with Crippen molar-refractivity contribution in [3.05, 3.63) is 390 Å². The van der Waals surface area contributed by atoms with Gasteiger partial charge in [0.05, 0.1) is 0 Å². The van der Waals surface area contributed by atoms with Crippen molar-refractivity contribution < 1.29 is 22.8 Å². The predicted molar refractivity (Wildman–Crippen MR) is 440 cm³/mol. The minimum Gasteiger partial charge on any atom is -0.200 e. The van der Waals surface area contributed by atoms with Crippen LogP contribution in [0.25, 0.3) is 112 Å². The lowest BCUT2D eigenvalue weighted by molar-refractivity contribution is -0.660. The van der Waals surface area contributed by atoms with Crippen LogP contribution in [0.1, 0.15) is 55.6 Å². The van der Waals surface area contributed by atoms with Gasteiger partial charge in [0.1, 0.15) is 35.2 Å². The Morgan fingerprint density at radius 2 is 0.381 bits per heavy atom. The highest BCUT2D eigenvalue weighted by atomic mass is 14.9.